The third-order valence-corrected chi connectivity index (χ3v) is 6.85. The van der Waals surface area contributed by atoms with E-state index < -0.39 is 11.9 Å². The first kappa shape index (κ1) is 30.4. The Hall–Kier alpha value is -3.19. The molecule has 0 amide bonds. The van der Waals surface area contributed by atoms with E-state index in [1.165, 1.54) is 5.56 Å². The number of unbranched alkanes of at least 4 members (excludes halogenated alkanes) is 1. The molecular weight excluding hydrogens is 514 g/mol. The second-order valence-corrected chi connectivity index (χ2v) is 11.3. The number of carboxylic acids is 2. The van der Waals surface area contributed by atoms with E-state index in [0.717, 1.165) is 23.1 Å². The third kappa shape index (κ3) is 10.1. The summed E-state index contributed by atoms with van der Waals surface area (Å²) >= 11 is 6.34. The maximum Gasteiger partial charge on any atom is 0.335 e. The van der Waals surface area contributed by atoms with Gasteiger partial charge in [-0.05, 0) is 71.3 Å². The van der Waals surface area contributed by atoms with E-state index in [1.54, 1.807) is 12.1 Å². The van der Waals surface area contributed by atoms with Gasteiger partial charge in [0.15, 0.2) is 0 Å². The van der Waals surface area contributed by atoms with E-state index in [1.807, 2.05) is 36.4 Å². The van der Waals surface area contributed by atoms with Crippen molar-refractivity contribution in [3.05, 3.63) is 106 Å². The molecular formula is C32H38ClNO5. The molecule has 39 heavy (non-hydrogen) atoms. The first-order valence-corrected chi connectivity index (χ1v) is 13.6. The molecule has 0 unspecified atom stereocenters. The number of carboxylic acid groups (broad SMARTS) is 2. The molecule has 1 atom stereocenters. The molecule has 3 aromatic rings. The number of aliphatic carboxylic acids is 1. The van der Waals surface area contributed by atoms with Gasteiger partial charge in [-0.2, -0.15) is 0 Å². The molecule has 6 nitrogen and oxygen atoms in total. The fourth-order valence-electron chi connectivity index (χ4n) is 4.38. The number of rotatable bonds is 14. The third-order valence-electron chi connectivity index (χ3n) is 6.61. The number of aromatic carboxylic acids is 1. The van der Waals surface area contributed by atoms with Crippen molar-refractivity contribution in [2.24, 2.45) is 0 Å². The van der Waals surface area contributed by atoms with Gasteiger partial charge < -0.3 is 14.9 Å². The fraction of sp³-hybridized carbons (Fsp3) is 0.375. The number of halogens is 1. The summed E-state index contributed by atoms with van der Waals surface area (Å²) < 4.78 is 6.53. The van der Waals surface area contributed by atoms with Crippen molar-refractivity contribution in [2.45, 2.75) is 64.7 Å². The lowest BCUT2D eigenvalue weighted by Gasteiger charge is -2.29. The van der Waals surface area contributed by atoms with E-state index in [4.69, 9.17) is 21.4 Å². The summed E-state index contributed by atoms with van der Waals surface area (Å²) in [6.45, 7) is 8.81. The molecule has 0 aromatic heterocycles. The van der Waals surface area contributed by atoms with Gasteiger partial charge in [0.25, 0.3) is 0 Å². The van der Waals surface area contributed by atoms with E-state index in [2.05, 4.69) is 49.9 Å². The number of carbonyl (C=O) groups is 2. The maximum atomic E-state index is 11.3. The van der Waals surface area contributed by atoms with Crippen LogP contribution in [-0.2, 0) is 28.1 Å². The molecule has 0 aliphatic carbocycles. The van der Waals surface area contributed by atoms with Crippen molar-refractivity contribution in [2.75, 3.05) is 13.1 Å². The highest BCUT2D eigenvalue weighted by atomic mass is 35.5. The van der Waals surface area contributed by atoms with Gasteiger partial charge in [-0.3, -0.25) is 9.69 Å². The topological polar surface area (TPSA) is 87.1 Å². The number of benzene rings is 3. The Bertz CT molecular complexity index is 1240. The van der Waals surface area contributed by atoms with E-state index in [9.17, 15) is 14.7 Å². The van der Waals surface area contributed by atoms with E-state index in [-0.39, 0.29) is 23.5 Å². The monoisotopic (exact) mass is 551 g/mol. The van der Waals surface area contributed by atoms with Gasteiger partial charge in [0.05, 0.1) is 18.3 Å². The second kappa shape index (κ2) is 14.3. The molecule has 0 saturated carbocycles. The first-order chi connectivity index (χ1) is 18.5. The SMILES string of the molecule is CC(C)(C)c1cccc(CO[C@@H](CN(CCCCC(=O)O)Cc2ccc(C(=O)O)cc2)c2cccc(Cl)c2)c1. The summed E-state index contributed by atoms with van der Waals surface area (Å²) in [7, 11) is 0. The zero-order valence-electron chi connectivity index (χ0n) is 22.9. The van der Waals surface area contributed by atoms with Crippen molar-refractivity contribution in [3.63, 3.8) is 0 Å². The minimum atomic E-state index is -0.961. The van der Waals surface area contributed by atoms with Crippen molar-refractivity contribution in [1.29, 1.82) is 0 Å². The second-order valence-electron chi connectivity index (χ2n) is 10.9. The van der Waals surface area contributed by atoms with Crippen molar-refractivity contribution in [1.82, 2.24) is 4.90 Å². The Labute approximate surface area is 236 Å². The Morgan fingerprint density at radius 1 is 0.923 bits per heavy atom. The minimum Gasteiger partial charge on any atom is -0.481 e. The average molecular weight is 552 g/mol. The zero-order valence-corrected chi connectivity index (χ0v) is 23.7. The Morgan fingerprint density at radius 2 is 1.64 bits per heavy atom. The highest BCUT2D eigenvalue weighted by Crippen LogP contribution is 2.27. The van der Waals surface area contributed by atoms with Gasteiger partial charge in [-0.25, -0.2) is 4.79 Å². The van der Waals surface area contributed by atoms with Crippen LogP contribution >= 0.6 is 11.6 Å². The van der Waals surface area contributed by atoms with Gasteiger partial charge in [-0.15, -0.1) is 0 Å². The van der Waals surface area contributed by atoms with Crippen LogP contribution in [0.1, 0.15) is 78.7 Å². The summed E-state index contributed by atoms with van der Waals surface area (Å²) in [5.74, 6) is -1.76. The van der Waals surface area contributed by atoms with E-state index >= 15 is 0 Å². The molecule has 208 valence electrons. The highest BCUT2D eigenvalue weighted by Gasteiger charge is 2.20. The first-order valence-electron chi connectivity index (χ1n) is 13.2. The van der Waals surface area contributed by atoms with Crippen LogP contribution in [0, 0.1) is 0 Å². The molecule has 0 aliphatic heterocycles. The number of hydrogen-bond donors (Lipinski definition) is 2. The molecule has 0 saturated heterocycles. The highest BCUT2D eigenvalue weighted by molar-refractivity contribution is 6.30. The maximum absolute atomic E-state index is 11.3. The van der Waals surface area contributed by atoms with Gasteiger partial charge in [0.1, 0.15) is 0 Å². The van der Waals surface area contributed by atoms with Crippen LogP contribution in [0.25, 0.3) is 0 Å². The number of nitrogens with zero attached hydrogens (tertiary/aromatic N) is 1. The smallest absolute Gasteiger partial charge is 0.335 e. The predicted molar refractivity (Wildman–Crippen MR) is 154 cm³/mol. The lowest BCUT2D eigenvalue weighted by molar-refractivity contribution is -0.137. The quantitative estimate of drug-likeness (QED) is 0.204. The van der Waals surface area contributed by atoms with Gasteiger partial charge >= 0.3 is 11.9 Å². The predicted octanol–water partition coefficient (Wildman–Crippen LogP) is 7.35. The molecule has 0 radical (unpaired) electrons. The van der Waals surface area contributed by atoms with E-state index in [0.29, 0.717) is 37.7 Å². The largest absolute Gasteiger partial charge is 0.481 e. The molecule has 7 heteroatoms. The standard InChI is InChI=1S/C32H38ClNO5/c1-32(2,3)27-10-6-8-24(18-27)22-39-29(26-9-7-11-28(33)19-26)21-34(17-5-4-12-30(35)36)20-23-13-15-25(16-14-23)31(37)38/h6-11,13-16,18-19,29H,4-5,12,17,20-22H2,1-3H3,(H,35,36)(H,37,38)/t29-/m0/s1. The molecule has 0 heterocycles. The summed E-state index contributed by atoms with van der Waals surface area (Å²) in [4.78, 5) is 24.5. The summed E-state index contributed by atoms with van der Waals surface area (Å²) in [6, 6.07) is 23.0. The molecule has 0 fully saturated rings. The lowest BCUT2D eigenvalue weighted by Crippen LogP contribution is -2.30. The fourth-order valence-corrected chi connectivity index (χ4v) is 4.58. The van der Waals surface area contributed by atoms with Crippen molar-refractivity contribution in [3.8, 4) is 0 Å². The minimum absolute atomic E-state index is 0.0330. The summed E-state index contributed by atoms with van der Waals surface area (Å²) in [5, 5.41) is 18.9. The molecule has 3 aromatic carbocycles. The van der Waals surface area contributed by atoms with Crippen LogP contribution in [0.3, 0.4) is 0 Å². The number of ether oxygens (including phenoxy) is 1. The molecule has 0 bridgehead atoms. The van der Waals surface area contributed by atoms with Crippen LogP contribution in [0.5, 0.6) is 0 Å². The van der Waals surface area contributed by atoms with Crippen LogP contribution in [0.2, 0.25) is 5.02 Å². The van der Waals surface area contributed by atoms with Crippen LogP contribution in [-0.4, -0.2) is 40.1 Å². The van der Waals surface area contributed by atoms with Crippen LogP contribution in [0.4, 0.5) is 0 Å². The van der Waals surface area contributed by atoms with Crippen molar-refractivity contribution >= 4 is 23.5 Å². The normalized spacial score (nSPS) is 12.4. The van der Waals surface area contributed by atoms with Gasteiger partial charge in [0.2, 0.25) is 0 Å². The average Bonchev–Trinajstić information content (AvgIpc) is 2.88. The Balaban J connectivity index is 1.81. The summed E-state index contributed by atoms with van der Waals surface area (Å²) in [6.07, 6.45) is 1.14. The Kier molecular flexibility index (Phi) is 11.1. The molecule has 3 rings (SSSR count). The van der Waals surface area contributed by atoms with Crippen molar-refractivity contribution < 1.29 is 24.5 Å². The molecule has 0 spiro atoms. The van der Waals surface area contributed by atoms with Gasteiger partial charge in [0, 0.05) is 24.5 Å². The Morgan fingerprint density at radius 3 is 2.28 bits per heavy atom. The number of hydrogen-bond acceptors (Lipinski definition) is 4. The molecule has 2 N–H and O–H groups in total. The van der Waals surface area contributed by atoms with Crippen LogP contribution in [0.15, 0.2) is 72.8 Å². The van der Waals surface area contributed by atoms with Crippen LogP contribution < -0.4 is 0 Å². The zero-order chi connectivity index (χ0) is 28.4. The van der Waals surface area contributed by atoms with Gasteiger partial charge in [-0.1, -0.05) is 80.9 Å². The lowest BCUT2D eigenvalue weighted by atomic mass is 9.86. The molecule has 0 aliphatic rings. The summed E-state index contributed by atoms with van der Waals surface area (Å²) in [5.41, 5.74) is 4.54.